The van der Waals surface area contributed by atoms with Crippen molar-refractivity contribution in [1.29, 1.82) is 0 Å². The molecule has 28 heavy (non-hydrogen) atoms. The van der Waals surface area contributed by atoms with Gasteiger partial charge in [-0.1, -0.05) is 6.92 Å². The maximum Gasteiger partial charge on any atom is 0.271 e. The van der Waals surface area contributed by atoms with Crippen LogP contribution in [0.15, 0.2) is 35.4 Å². The number of fused-ring (bicyclic) bond motifs is 1. The molecule has 2 aromatic carbocycles. The highest BCUT2D eigenvalue weighted by atomic mass is 19.1. The first kappa shape index (κ1) is 19.7. The largest absolute Gasteiger partial charge is 0.507 e. The van der Waals surface area contributed by atoms with E-state index in [0.717, 1.165) is 0 Å². The number of carbonyl (C=O) groups excluding carboxylic acids is 1. The lowest BCUT2D eigenvalue weighted by Crippen LogP contribution is -2.19. The van der Waals surface area contributed by atoms with Crippen molar-refractivity contribution in [3.05, 3.63) is 52.8 Å². The minimum atomic E-state index is -0.445. The van der Waals surface area contributed by atoms with Crippen LogP contribution in [-0.4, -0.2) is 29.9 Å². The standard InChI is InChI=1S/C21H23FN2O4/c1-11(2)28-17-8-5-13(10-18(17)27-4)21(26)24-23-15-9-12(3)19-14(22)6-7-16(25)20(15)19/h5-8,10-12,25H,9H2,1-4H3,(H,24,26)/b23-15+/t12-/m1/s1. The molecule has 1 aliphatic rings. The molecular formula is C21H23FN2O4. The molecule has 7 heteroatoms. The summed E-state index contributed by atoms with van der Waals surface area (Å²) in [4.78, 5) is 12.5. The van der Waals surface area contributed by atoms with Crippen molar-refractivity contribution in [2.45, 2.75) is 39.2 Å². The van der Waals surface area contributed by atoms with Crippen LogP contribution in [0.3, 0.4) is 0 Å². The number of amides is 1. The molecule has 0 saturated heterocycles. The van der Waals surface area contributed by atoms with Gasteiger partial charge in [0.25, 0.3) is 5.91 Å². The molecule has 0 heterocycles. The average Bonchev–Trinajstić information content (AvgIpc) is 3.00. The summed E-state index contributed by atoms with van der Waals surface area (Å²) in [6.07, 6.45) is 0.395. The number of benzene rings is 2. The molecule has 1 atom stereocenters. The third-order valence-corrected chi connectivity index (χ3v) is 4.53. The Bertz CT molecular complexity index is 940. The number of halogens is 1. The summed E-state index contributed by atoms with van der Waals surface area (Å²) in [5.41, 5.74) is 4.04. The van der Waals surface area contributed by atoms with Crippen LogP contribution in [0.2, 0.25) is 0 Å². The van der Waals surface area contributed by atoms with Crippen molar-refractivity contribution in [2.24, 2.45) is 5.10 Å². The van der Waals surface area contributed by atoms with Gasteiger partial charge in [-0.15, -0.1) is 0 Å². The van der Waals surface area contributed by atoms with Gasteiger partial charge in [-0.3, -0.25) is 4.79 Å². The molecule has 0 saturated carbocycles. The van der Waals surface area contributed by atoms with Crippen LogP contribution < -0.4 is 14.9 Å². The molecule has 1 aliphatic carbocycles. The highest BCUT2D eigenvalue weighted by molar-refractivity contribution is 6.08. The van der Waals surface area contributed by atoms with Gasteiger partial charge in [0.05, 0.1) is 18.9 Å². The number of nitrogens with zero attached hydrogens (tertiary/aromatic N) is 1. The third-order valence-electron chi connectivity index (χ3n) is 4.53. The zero-order chi connectivity index (χ0) is 20.4. The maximum absolute atomic E-state index is 14.1. The number of phenols is 1. The van der Waals surface area contributed by atoms with Crippen LogP contribution in [-0.2, 0) is 0 Å². The minimum Gasteiger partial charge on any atom is -0.507 e. The minimum absolute atomic E-state index is 0.0301. The van der Waals surface area contributed by atoms with Gasteiger partial charge in [0.15, 0.2) is 11.5 Å². The Morgan fingerprint density at radius 2 is 2.04 bits per heavy atom. The summed E-state index contributed by atoms with van der Waals surface area (Å²) in [5.74, 6) is -0.0371. The fraction of sp³-hybridized carbons (Fsp3) is 0.333. The van der Waals surface area contributed by atoms with Crippen molar-refractivity contribution >= 4 is 11.6 Å². The summed E-state index contributed by atoms with van der Waals surface area (Å²) in [7, 11) is 1.50. The number of carbonyl (C=O) groups is 1. The van der Waals surface area contributed by atoms with Crippen LogP contribution in [0.4, 0.5) is 4.39 Å². The van der Waals surface area contributed by atoms with Gasteiger partial charge in [-0.2, -0.15) is 5.10 Å². The average molecular weight is 386 g/mol. The van der Waals surface area contributed by atoms with Crippen molar-refractivity contribution in [1.82, 2.24) is 5.43 Å². The second kappa shape index (κ2) is 7.88. The molecule has 2 N–H and O–H groups in total. The quantitative estimate of drug-likeness (QED) is 0.762. The predicted molar refractivity (Wildman–Crippen MR) is 104 cm³/mol. The molecule has 6 nitrogen and oxygen atoms in total. The number of nitrogens with one attached hydrogen (secondary N) is 1. The van der Waals surface area contributed by atoms with Crippen molar-refractivity contribution in [3.63, 3.8) is 0 Å². The molecule has 1 amide bonds. The van der Waals surface area contributed by atoms with E-state index in [1.807, 2.05) is 20.8 Å². The first-order chi connectivity index (χ1) is 13.3. The molecule has 3 rings (SSSR count). The predicted octanol–water partition coefficient (Wildman–Crippen LogP) is 3.97. The fourth-order valence-electron chi connectivity index (χ4n) is 3.31. The zero-order valence-corrected chi connectivity index (χ0v) is 16.2. The third kappa shape index (κ3) is 3.78. The van der Waals surface area contributed by atoms with E-state index >= 15 is 0 Å². The summed E-state index contributed by atoms with van der Waals surface area (Å²) in [6, 6.07) is 7.36. The fourth-order valence-corrected chi connectivity index (χ4v) is 3.31. The monoisotopic (exact) mass is 386 g/mol. The Morgan fingerprint density at radius 3 is 2.71 bits per heavy atom. The lowest BCUT2D eigenvalue weighted by atomic mass is 10.0. The summed E-state index contributed by atoms with van der Waals surface area (Å²) in [5, 5.41) is 14.2. The molecule has 0 unspecified atom stereocenters. The number of phenolic OH excluding ortho intramolecular Hbond substituents is 1. The van der Waals surface area contributed by atoms with Gasteiger partial charge < -0.3 is 14.6 Å². The Kier molecular flexibility index (Phi) is 5.53. The molecule has 0 aromatic heterocycles. The SMILES string of the molecule is COc1cc(C(=O)N/N=C2\C[C@@H](C)c3c(F)ccc(O)c32)ccc1OC(C)C. The van der Waals surface area contributed by atoms with Crippen LogP contribution in [0.25, 0.3) is 0 Å². The Labute approximate surface area is 163 Å². The highest BCUT2D eigenvalue weighted by Crippen LogP contribution is 2.39. The highest BCUT2D eigenvalue weighted by Gasteiger charge is 2.30. The Morgan fingerprint density at radius 1 is 1.29 bits per heavy atom. The number of rotatable bonds is 5. The van der Waals surface area contributed by atoms with Gasteiger partial charge in [-0.05, 0) is 56.5 Å². The summed E-state index contributed by atoms with van der Waals surface area (Å²) >= 11 is 0. The number of methoxy groups -OCH3 is 1. The number of aromatic hydroxyl groups is 1. The molecule has 0 fully saturated rings. The topological polar surface area (TPSA) is 80.2 Å². The van der Waals surface area contributed by atoms with Crippen molar-refractivity contribution in [2.75, 3.05) is 7.11 Å². The summed E-state index contributed by atoms with van der Waals surface area (Å²) < 4.78 is 25.0. The van der Waals surface area contributed by atoms with E-state index in [1.54, 1.807) is 18.2 Å². The molecule has 148 valence electrons. The van der Waals surface area contributed by atoms with Crippen LogP contribution >= 0.6 is 0 Å². The van der Waals surface area contributed by atoms with Gasteiger partial charge in [0, 0.05) is 16.7 Å². The van der Waals surface area contributed by atoms with Gasteiger partial charge in [0.2, 0.25) is 0 Å². The van der Waals surface area contributed by atoms with E-state index in [2.05, 4.69) is 10.5 Å². The van der Waals surface area contributed by atoms with Gasteiger partial charge in [-0.25, -0.2) is 9.82 Å². The molecular weight excluding hydrogens is 363 g/mol. The summed E-state index contributed by atoms with van der Waals surface area (Å²) in [6.45, 7) is 5.65. The first-order valence-electron chi connectivity index (χ1n) is 9.05. The first-order valence-corrected chi connectivity index (χ1v) is 9.05. The lowest BCUT2D eigenvalue weighted by Gasteiger charge is -2.14. The van der Waals surface area contributed by atoms with Crippen molar-refractivity contribution < 1.29 is 23.8 Å². The van der Waals surface area contributed by atoms with E-state index in [0.29, 0.717) is 40.3 Å². The van der Waals surface area contributed by atoms with E-state index < -0.39 is 5.91 Å². The Hall–Kier alpha value is -3.09. The van der Waals surface area contributed by atoms with Gasteiger partial charge in [0.1, 0.15) is 11.6 Å². The van der Waals surface area contributed by atoms with Gasteiger partial charge >= 0.3 is 0 Å². The molecule has 0 radical (unpaired) electrons. The number of hydrogen-bond donors (Lipinski definition) is 2. The van der Waals surface area contributed by atoms with Crippen LogP contribution in [0.1, 0.15) is 54.6 Å². The number of hydrazone groups is 1. The number of hydrogen-bond acceptors (Lipinski definition) is 5. The molecule has 0 spiro atoms. The normalized spacial score (nSPS) is 16.9. The zero-order valence-electron chi connectivity index (χ0n) is 16.2. The van der Waals surface area contributed by atoms with E-state index in [4.69, 9.17) is 9.47 Å². The molecule has 0 aliphatic heterocycles. The smallest absolute Gasteiger partial charge is 0.271 e. The molecule has 2 aromatic rings. The van der Waals surface area contributed by atoms with Crippen LogP contribution in [0, 0.1) is 5.82 Å². The van der Waals surface area contributed by atoms with Crippen molar-refractivity contribution in [3.8, 4) is 17.2 Å². The molecule has 0 bridgehead atoms. The van der Waals surface area contributed by atoms with Crippen LogP contribution in [0.5, 0.6) is 17.2 Å². The van der Waals surface area contributed by atoms with E-state index in [-0.39, 0.29) is 23.6 Å². The van der Waals surface area contributed by atoms with E-state index in [1.165, 1.54) is 19.2 Å². The number of ether oxygens (including phenoxy) is 2. The second-order valence-electron chi connectivity index (χ2n) is 6.99. The lowest BCUT2D eigenvalue weighted by molar-refractivity contribution is 0.0954. The van der Waals surface area contributed by atoms with E-state index in [9.17, 15) is 14.3 Å². The Balaban J connectivity index is 1.83. The second-order valence-corrected chi connectivity index (χ2v) is 6.99. The maximum atomic E-state index is 14.1.